The van der Waals surface area contributed by atoms with Crippen molar-refractivity contribution in [3.8, 4) is 11.5 Å². The van der Waals surface area contributed by atoms with Gasteiger partial charge in [0.15, 0.2) is 0 Å². The number of rotatable bonds is 4. The number of carbonyl (C=O) groups is 1. The topological polar surface area (TPSA) is 59.2 Å². The van der Waals surface area contributed by atoms with Gasteiger partial charge in [0, 0.05) is 26.7 Å². The Hall–Kier alpha value is -1.77. The maximum Gasteiger partial charge on any atom is 0.277 e. The molecule has 0 N–H and O–H groups in total. The smallest absolute Gasteiger partial charge is 0.277 e. The number of thioether (sulfide) groups is 2. The van der Waals surface area contributed by atoms with Gasteiger partial charge in [-0.1, -0.05) is 52.8 Å². The maximum atomic E-state index is 12.9. The van der Waals surface area contributed by atoms with Crippen molar-refractivity contribution in [1.29, 1.82) is 0 Å². The van der Waals surface area contributed by atoms with E-state index < -0.39 is 0 Å². The number of hydrogen-bond acceptors (Lipinski definition) is 6. The van der Waals surface area contributed by atoms with Gasteiger partial charge in [0.1, 0.15) is 0 Å². The largest absolute Gasteiger partial charge is 0.411 e. The lowest BCUT2D eigenvalue weighted by molar-refractivity contribution is -0.116. The van der Waals surface area contributed by atoms with E-state index in [0.29, 0.717) is 16.4 Å². The van der Waals surface area contributed by atoms with Crippen LogP contribution in [0.15, 0.2) is 67.5 Å². The summed E-state index contributed by atoms with van der Waals surface area (Å²) in [5.41, 5.74) is 1.83. The molecule has 1 atom stereocenters. The second-order valence-corrected chi connectivity index (χ2v) is 9.72. The van der Waals surface area contributed by atoms with Gasteiger partial charge in [-0.3, -0.25) is 4.79 Å². The van der Waals surface area contributed by atoms with Crippen LogP contribution in [0, 0.1) is 0 Å². The normalized spacial score (nSPS) is 16.5. The van der Waals surface area contributed by atoms with Crippen LogP contribution in [0.1, 0.15) is 13.3 Å². The third-order valence-corrected chi connectivity index (χ3v) is 6.88. The monoisotopic (exact) mass is 475 g/mol. The fourth-order valence-electron chi connectivity index (χ4n) is 2.95. The number of anilines is 1. The molecule has 0 saturated carbocycles. The van der Waals surface area contributed by atoms with E-state index in [2.05, 4.69) is 39.1 Å². The second kappa shape index (κ2) is 8.71. The highest BCUT2D eigenvalue weighted by Crippen LogP contribution is 2.37. The van der Waals surface area contributed by atoms with E-state index in [-0.39, 0.29) is 11.7 Å². The van der Waals surface area contributed by atoms with Gasteiger partial charge in [0.25, 0.3) is 5.22 Å². The number of hydrogen-bond donors (Lipinski definition) is 0. The molecule has 28 heavy (non-hydrogen) atoms. The molecule has 4 rings (SSSR count). The van der Waals surface area contributed by atoms with Gasteiger partial charge in [-0.25, -0.2) is 0 Å². The molecule has 3 aromatic rings. The van der Waals surface area contributed by atoms with Gasteiger partial charge < -0.3 is 9.32 Å². The van der Waals surface area contributed by atoms with Gasteiger partial charge >= 0.3 is 0 Å². The lowest BCUT2D eigenvalue weighted by atomic mass is 10.2. The number of aromatic nitrogens is 2. The molecule has 2 aromatic carbocycles. The summed E-state index contributed by atoms with van der Waals surface area (Å²) >= 11 is 6.54. The highest BCUT2D eigenvalue weighted by molar-refractivity contribution is 9.10. The van der Waals surface area contributed by atoms with Crippen molar-refractivity contribution >= 4 is 51.0 Å². The quantitative estimate of drug-likeness (QED) is 0.463. The number of amides is 1. The van der Waals surface area contributed by atoms with Crippen molar-refractivity contribution in [2.24, 2.45) is 0 Å². The highest BCUT2D eigenvalue weighted by atomic mass is 79.9. The molecular formula is C20H18BrN3O2S2. The van der Waals surface area contributed by atoms with Gasteiger partial charge in [-0.2, -0.15) is 0 Å². The lowest BCUT2D eigenvalue weighted by Gasteiger charge is -2.22. The Labute approximate surface area is 180 Å². The number of para-hydroxylation sites is 1. The van der Waals surface area contributed by atoms with E-state index in [1.165, 1.54) is 11.8 Å². The van der Waals surface area contributed by atoms with E-state index in [4.69, 9.17) is 4.42 Å². The van der Waals surface area contributed by atoms with Gasteiger partial charge in [0.05, 0.1) is 11.4 Å². The predicted octanol–water partition coefficient (Wildman–Crippen LogP) is 5.51. The zero-order chi connectivity index (χ0) is 19.5. The molecular weight excluding hydrogens is 458 g/mol. The molecule has 1 aliphatic heterocycles. The molecule has 0 saturated heterocycles. The second-order valence-electron chi connectivity index (χ2n) is 6.40. The Morgan fingerprint density at radius 2 is 2.14 bits per heavy atom. The van der Waals surface area contributed by atoms with E-state index in [9.17, 15) is 4.79 Å². The minimum absolute atomic E-state index is 0.0503. The average Bonchev–Trinajstić information content (AvgIpc) is 3.10. The first kappa shape index (κ1) is 19.5. The van der Waals surface area contributed by atoms with Crippen LogP contribution >= 0.6 is 39.5 Å². The first-order valence-corrected chi connectivity index (χ1v) is 11.5. The standard InChI is InChI=1S/C20H18BrN3O2S2/c1-13-9-10-24(16-7-2-3-8-17(16)28-13)18(25)12-27-20-23-22-19(26-20)14-5-4-6-15(21)11-14/h2-8,11,13H,9-10,12H2,1H3/t13-/m0/s1. The Balaban J connectivity index is 1.45. The van der Waals surface area contributed by atoms with Crippen LogP contribution in [0.3, 0.4) is 0 Å². The number of benzene rings is 2. The minimum atomic E-state index is 0.0503. The molecule has 0 unspecified atom stereocenters. The molecule has 144 valence electrons. The van der Waals surface area contributed by atoms with Gasteiger partial charge in [-0.15, -0.1) is 22.0 Å². The number of nitrogens with zero attached hydrogens (tertiary/aromatic N) is 3. The molecule has 0 radical (unpaired) electrons. The third kappa shape index (κ3) is 4.45. The van der Waals surface area contributed by atoms with E-state index in [0.717, 1.165) is 33.6 Å². The van der Waals surface area contributed by atoms with E-state index >= 15 is 0 Å². The summed E-state index contributed by atoms with van der Waals surface area (Å²) in [5, 5.41) is 9.04. The fourth-order valence-corrected chi connectivity index (χ4v) is 5.10. The van der Waals surface area contributed by atoms with Crippen molar-refractivity contribution < 1.29 is 9.21 Å². The van der Waals surface area contributed by atoms with Crippen molar-refractivity contribution in [3.63, 3.8) is 0 Å². The molecule has 5 nitrogen and oxygen atoms in total. The minimum Gasteiger partial charge on any atom is -0.411 e. The van der Waals surface area contributed by atoms with Crippen LogP contribution in [-0.2, 0) is 4.79 Å². The summed E-state index contributed by atoms with van der Waals surface area (Å²) in [7, 11) is 0. The van der Waals surface area contributed by atoms with E-state index in [1.807, 2.05) is 59.1 Å². The van der Waals surface area contributed by atoms with Crippen LogP contribution in [0.2, 0.25) is 0 Å². The fraction of sp³-hybridized carbons (Fsp3) is 0.250. The summed E-state index contributed by atoms with van der Waals surface area (Å²) in [6.07, 6.45) is 0.962. The summed E-state index contributed by atoms with van der Waals surface area (Å²) in [6.45, 7) is 2.92. The lowest BCUT2D eigenvalue weighted by Crippen LogP contribution is -2.33. The maximum absolute atomic E-state index is 12.9. The zero-order valence-corrected chi connectivity index (χ0v) is 18.4. The summed E-state index contributed by atoms with van der Waals surface area (Å²) in [5.74, 6) is 0.754. The van der Waals surface area contributed by atoms with Gasteiger partial charge in [0.2, 0.25) is 11.8 Å². The van der Waals surface area contributed by atoms with Crippen molar-refractivity contribution in [2.45, 2.75) is 28.7 Å². The van der Waals surface area contributed by atoms with Crippen LogP contribution in [0.5, 0.6) is 0 Å². The van der Waals surface area contributed by atoms with Crippen LogP contribution in [0.25, 0.3) is 11.5 Å². The van der Waals surface area contributed by atoms with Gasteiger partial charge in [-0.05, 0) is 36.8 Å². The number of carbonyl (C=O) groups excluding carboxylic acids is 1. The molecule has 1 aromatic heterocycles. The molecule has 1 amide bonds. The van der Waals surface area contributed by atoms with E-state index in [1.54, 1.807) is 0 Å². The van der Waals surface area contributed by atoms with Crippen LogP contribution in [0.4, 0.5) is 5.69 Å². The number of fused-ring (bicyclic) bond motifs is 1. The first-order chi connectivity index (χ1) is 13.6. The Bertz CT molecular complexity index is 995. The molecule has 0 fully saturated rings. The van der Waals surface area contributed by atoms with Crippen LogP contribution in [-0.4, -0.2) is 33.7 Å². The summed E-state index contributed by atoms with van der Waals surface area (Å²) < 4.78 is 6.66. The van der Waals surface area contributed by atoms with Crippen molar-refractivity contribution in [3.05, 3.63) is 53.0 Å². The SMILES string of the molecule is C[C@H]1CCN(C(=O)CSc2nnc(-c3cccc(Br)c3)o2)c2ccccc2S1. The number of halogens is 1. The molecule has 2 heterocycles. The molecule has 8 heteroatoms. The first-order valence-electron chi connectivity index (χ1n) is 8.88. The summed E-state index contributed by atoms with van der Waals surface area (Å²) in [4.78, 5) is 15.9. The molecule has 1 aliphatic rings. The Morgan fingerprint density at radius 3 is 3.00 bits per heavy atom. The van der Waals surface area contributed by atoms with Crippen molar-refractivity contribution in [1.82, 2.24) is 10.2 Å². The highest BCUT2D eigenvalue weighted by Gasteiger charge is 2.24. The average molecular weight is 476 g/mol. The van der Waals surface area contributed by atoms with Crippen LogP contribution < -0.4 is 4.90 Å². The Kier molecular flexibility index (Phi) is 6.08. The van der Waals surface area contributed by atoms with Crippen molar-refractivity contribution in [2.75, 3.05) is 17.2 Å². The molecule has 0 spiro atoms. The summed E-state index contributed by atoms with van der Waals surface area (Å²) in [6, 6.07) is 15.8. The third-order valence-electron chi connectivity index (χ3n) is 4.34. The molecule has 0 aliphatic carbocycles. The molecule has 0 bridgehead atoms. The Morgan fingerprint density at radius 1 is 1.29 bits per heavy atom. The predicted molar refractivity (Wildman–Crippen MR) is 117 cm³/mol. The zero-order valence-electron chi connectivity index (χ0n) is 15.2.